The van der Waals surface area contributed by atoms with E-state index in [2.05, 4.69) is 27.1 Å². The molecule has 2 saturated carbocycles. The van der Waals surface area contributed by atoms with Crippen LogP contribution < -0.4 is 10.2 Å². The highest BCUT2D eigenvalue weighted by atomic mass is 35.5. The lowest BCUT2D eigenvalue weighted by atomic mass is 10.3. The zero-order valence-corrected chi connectivity index (χ0v) is 12.9. The molecule has 110 valence electrons. The highest BCUT2D eigenvalue weighted by molar-refractivity contribution is 6.32. The first kappa shape index (κ1) is 13.9. The van der Waals surface area contributed by atoms with E-state index in [4.69, 9.17) is 11.6 Å². The molecule has 0 bridgehead atoms. The minimum absolute atomic E-state index is 0.674. The molecule has 2 fully saturated rings. The average Bonchev–Trinajstić information content (AvgIpc) is 3.32. The van der Waals surface area contributed by atoms with Crippen LogP contribution in [0.1, 0.15) is 39.0 Å². The van der Waals surface area contributed by atoms with Gasteiger partial charge in [0.05, 0.1) is 6.20 Å². The summed E-state index contributed by atoms with van der Waals surface area (Å²) < 4.78 is 0. The second kappa shape index (κ2) is 6.17. The largest absolute Gasteiger partial charge is 0.355 e. The van der Waals surface area contributed by atoms with E-state index in [1.807, 2.05) is 0 Å². The van der Waals surface area contributed by atoms with Crippen molar-refractivity contribution in [3.63, 3.8) is 0 Å². The van der Waals surface area contributed by atoms with Crippen molar-refractivity contribution in [1.82, 2.24) is 9.97 Å². The van der Waals surface area contributed by atoms with Gasteiger partial charge in [-0.2, -0.15) is 4.98 Å². The van der Waals surface area contributed by atoms with E-state index in [1.165, 1.54) is 25.7 Å². The van der Waals surface area contributed by atoms with Crippen molar-refractivity contribution in [3.05, 3.63) is 11.2 Å². The Morgan fingerprint density at radius 1 is 1.25 bits per heavy atom. The van der Waals surface area contributed by atoms with Crippen molar-refractivity contribution < 1.29 is 0 Å². The number of anilines is 2. The van der Waals surface area contributed by atoms with Gasteiger partial charge in [-0.3, -0.25) is 0 Å². The normalized spacial score (nSPS) is 18.1. The molecule has 4 nitrogen and oxygen atoms in total. The Bertz CT molecular complexity index is 443. The summed E-state index contributed by atoms with van der Waals surface area (Å²) in [6.45, 7) is 5.23. The van der Waals surface area contributed by atoms with Crippen LogP contribution in [0.4, 0.5) is 11.8 Å². The van der Waals surface area contributed by atoms with Gasteiger partial charge in [0, 0.05) is 19.6 Å². The first-order valence-corrected chi connectivity index (χ1v) is 8.15. The van der Waals surface area contributed by atoms with E-state index in [0.29, 0.717) is 11.0 Å². The Morgan fingerprint density at radius 3 is 2.45 bits per heavy atom. The lowest BCUT2D eigenvalue weighted by Crippen LogP contribution is -2.29. The van der Waals surface area contributed by atoms with Crippen LogP contribution in [0.3, 0.4) is 0 Å². The Morgan fingerprint density at radius 2 is 1.90 bits per heavy atom. The van der Waals surface area contributed by atoms with Crippen molar-refractivity contribution in [2.75, 3.05) is 29.9 Å². The number of rotatable bonds is 8. The van der Waals surface area contributed by atoms with Crippen LogP contribution >= 0.6 is 11.6 Å². The number of halogens is 1. The summed E-state index contributed by atoms with van der Waals surface area (Å²) in [5.41, 5.74) is 0. The molecule has 0 spiro atoms. The highest BCUT2D eigenvalue weighted by Crippen LogP contribution is 2.37. The minimum atomic E-state index is 0.674. The molecule has 1 N–H and O–H groups in total. The number of hydrogen-bond acceptors (Lipinski definition) is 4. The van der Waals surface area contributed by atoms with Gasteiger partial charge in [0.15, 0.2) is 5.82 Å². The summed E-state index contributed by atoms with van der Waals surface area (Å²) >= 11 is 6.34. The molecular weight excluding hydrogens is 272 g/mol. The number of nitrogens with zero attached hydrogens (tertiary/aromatic N) is 3. The van der Waals surface area contributed by atoms with Gasteiger partial charge in [0.1, 0.15) is 5.02 Å². The second-order valence-corrected chi connectivity index (χ2v) is 6.49. The third kappa shape index (κ3) is 3.75. The van der Waals surface area contributed by atoms with Crippen molar-refractivity contribution in [1.29, 1.82) is 0 Å². The molecule has 2 aliphatic carbocycles. The Hall–Kier alpha value is -1.03. The van der Waals surface area contributed by atoms with Crippen LogP contribution in [-0.4, -0.2) is 29.6 Å². The van der Waals surface area contributed by atoms with Crippen LogP contribution in [-0.2, 0) is 0 Å². The van der Waals surface area contributed by atoms with E-state index in [9.17, 15) is 0 Å². The van der Waals surface area contributed by atoms with Crippen LogP contribution in [0, 0.1) is 11.8 Å². The van der Waals surface area contributed by atoms with Crippen LogP contribution in [0.5, 0.6) is 0 Å². The van der Waals surface area contributed by atoms with Gasteiger partial charge in [-0.15, -0.1) is 0 Å². The van der Waals surface area contributed by atoms with Crippen LogP contribution in [0.15, 0.2) is 6.20 Å². The molecule has 0 atom stereocenters. The van der Waals surface area contributed by atoms with Crippen LogP contribution in [0.25, 0.3) is 0 Å². The topological polar surface area (TPSA) is 41.1 Å². The van der Waals surface area contributed by atoms with Crippen molar-refractivity contribution in [2.45, 2.75) is 39.0 Å². The SMILES string of the molecule is CCCNc1ncc(Cl)c(N(CC2CC2)CC2CC2)n1. The smallest absolute Gasteiger partial charge is 0.224 e. The number of hydrogen-bond donors (Lipinski definition) is 1. The van der Waals surface area contributed by atoms with Gasteiger partial charge >= 0.3 is 0 Å². The van der Waals surface area contributed by atoms with Crippen molar-refractivity contribution in [2.24, 2.45) is 11.8 Å². The molecule has 2 aliphatic rings. The summed E-state index contributed by atoms with van der Waals surface area (Å²) in [4.78, 5) is 11.3. The quantitative estimate of drug-likeness (QED) is 0.796. The molecule has 0 aromatic carbocycles. The van der Waals surface area contributed by atoms with Gasteiger partial charge in [-0.25, -0.2) is 4.98 Å². The van der Waals surface area contributed by atoms with E-state index >= 15 is 0 Å². The first-order chi connectivity index (χ1) is 9.76. The van der Waals surface area contributed by atoms with Gasteiger partial charge in [-0.1, -0.05) is 18.5 Å². The molecule has 0 radical (unpaired) electrons. The lowest BCUT2D eigenvalue weighted by molar-refractivity contribution is 0.671. The molecule has 1 aromatic heterocycles. The maximum Gasteiger partial charge on any atom is 0.224 e. The first-order valence-electron chi connectivity index (χ1n) is 7.77. The Kier molecular flexibility index (Phi) is 4.29. The molecule has 1 aromatic rings. The summed E-state index contributed by atoms with van der Waals surface area (Å²) in [5, 5.41) is 3.92. The zero-order chi connectivity index (χ0) is 13.9. The molecule has 0 saturated heterocycles. The van der Waals surface area contributed by atoms with Crippen molar-refractivity contribution in [3.8, 4) is 0 Å². The van der Waals surface area contributed by atoms with E-state index < -0.39 is 0 Å². The van der Waals surface area contributed by atoms with Crippen molar-refractivity contribution >= 4 is 23.4 Å². The highest BCUT2D eigenvalue weighted by Gasteiger charge is 2.30. The Balaban J connectivity index is 1.75. The fourth-order valence-corrected chi connectivity index (χ4v) is 2.58. The molecule has 20 heavy (non-hydrogen) atoms. The predicted octanol–water partition coefficient (Wildman–Crippen LogP) is 3.58. The third-order valence-electron chi connectivity index (χ3n) is 3.91. The van der Waals surface area contributed by atoms with Gasteiger partial charge in [0.2, 0.25) is 5.95 Å². The van der Waals surface area contributed by atoms with Crippen LogP contribution in [0.2, 0.25) is 5.02 Å². The molecule has 3 rings (SSSR count). The molecule has 0 unspecified atom stereocenters. The van der Waals surface area contributed by atoms with Gasteiger partial charge in [-0.05, 0) is 43.9 Å². The third-order valence-corrected chi connectivity index (χ3v) is 4.18. The molecule has 0 aliphatic heterocycles. The summed E-state index contributed by atoms with van der Waals surface area (Å²) in [7, 11) is 0. The maximum absolute atomic E-state index is 6.34. The molecular formula is C15H23ClN4. The minimum Gasteiger partial charge on any atom is -0.355 e. The lowest BCUT2D eigenvalue weighted by Gasteiger charge is -2.25. The van der Waals surface area contributed by atoms with E-state index in [1.54, 1.807) is 6.20 Å². The number of aromatic nitrogens is 2. The molecule has 5 heteroatoms. The zero-order valence-electron chi connectivity index (χ0n) is 12.1. The summed E-state index contributed by atoms with van der Waals surface area (Å²) in [6.07, 6.45) is 8.20. The fourth-order valence-electron chi connectivity index (χ4n) is 2.37. The van der Waals surface area contributed by atoms with Gasteiger partial charge in [0.25, 0.3) is 0 Å². The van der Waals surface area contributed by atoms with E-state index in [0.717, 1.165) is 43.7 Å². The van der Waals surface area contributed by atoms with Gasteiger partial charge < -0.3 is 10.2 Å². The average molecular weight is 295 g/mol. The van der Waals surface area contributed by atoms with E-state index in [-0.39, 0.29) is 0 Å². The Labute approximate surface area is 125 Å². The molecule has 1 heterocycles. The molecule has 0 amide bonds. The monoisotopic (exact) mass is 294 g/mol. The maximum atomic E-state index is 6.34. The number of nitrogens with one attached hydrogen (secondary N) is 1. The fraction of sp³-hybridized carbons (Fsp3) is 0.733. The summed E-state index contributed by atoms with van der Waals surface area (Å²) in [6, 6.07) is 0. The summed E-state index contributed by atoms with van der Waals surface area (Å²) in [5.74, 6) is 3.29. The standard InChI is InChI=1S/C15H23ClN4/c1-2-7-17-15-18-8-13(16)14(19-15)20(9-11-3-4-11)10-12-5-6-12/h8,11-12H,2-7,9-10H2,1H3,(H,17,18,19). The predicted molar refractivity (Wildman–Crippen MR) is 83.5 cm³/mol. The second-order valence-electron chi connectivity index (χ2n) is 6.08.